The van der Waals surface area contributed by atoms with Gasteiger partial charge in [0.05, 0.1) is 9.75 Å². The SMILES string of the molecule is O=C1Oc2ccc([N+](=O)[O-])cc2C(Br)C1Br. The van der Waals surface area contributed by atoms with E-state index in [1.165, 1.54) is 18.2 Å². The fourth-order valence-corrected chi connectivity index (χ4v) is 2.35. The molecule has 0 saturated carbocycles. The molecule has 84 valence electrons. The monoisotopic (exact) mass is 349 g/mol. The molecule has 0 fully saturated rings. The topological polar surface area (TPSA) is 69.4 Å². The molecule has 1 aliphatic heterocycles. The van der Waals surface area contributed by atoms with Crippen molar-refractivity contribution in [3.8, 4) is 5.75 Å². The van der Waals surface area contributed by atoms with Gasteiger partial charge in [-0.25, -0.2) is 0 Å². The maximum absolute atomic E-state index is 11.4. The third-order valence-corrected chi connectivity index (χ3v) is 4.83. The quantitative estimate of drug-likeness (QED) is 0.257. The highest BCUT2D eigenvalue weighted by Gasteiger charge is 2.35. The van der Waals surface area contributed by atoms with Gasteiger partial charge in [-0.15, -0.1) is 0 Å². The molecule has 1 aliphatic rings. The zero-order chi connectivity index (χ0) is 11.9. The Morgan fingerprint density at radius 1 is 1.31 bits per heavy atom. The number of halogens is 2. The Labute approximate surface area is 107 Å². The first kappa shape index (κ1) is 11.5. The first-order valence-corrected chi connectivity index (χ1v) is 6.12. The van der Waals surface area contributed by atoms with E-state index in [0.29, 0.717) is 11.3 Å². The van der Waals surface area contributed by atoms with E-state index < -0.39 is 15.7 Å². The Kier molecular flexibility index (Phi) is 2.98. The second-order valence-corrected chi connectivity index (χ2v) is 5.18. The third-order valence-electron chi connectivity index (χ3n) is 2.19. The predicted octanol–water partition coefficient (Wildman–Crippen LogP) is 2.71. The van der Waals surface area contributed by atoms with Crippen molar-refractivity contribution in [2.45, 2.75) is 9.65 Å². The number of hydrogen-bond donors (Lipinski definition) is 0. The van der Waals surface area contributed by atoms with Gasteiger partial charge in [-0.3, -0.25) is 14.9 Å². The number of ether oxygens (including phenoxy) is 1. The Bertz CT molecular complexity index is 477. The second-order valence-electron chi connectivity index (χ2n) is 3.20. The van der Waals surface area contributed by atoms with E-state index >= 15 is 0 Å². The highest BCUT2D eigenvalue weighted by molar-refractivity contribution is 9.12. The van der Waals surface area contributed by atoms with Gasteiger partial charge in [-0.1, -0.05) is 31.9 Å². The molecule has 2 unspecified atom stereocenters. The van der Waals surface area contributed by atoms with Crippen molar-refractivity contribution >= 4 is 43.5 Å². The van der Waals surface area contributed by atoms with E-state index in [2.05, 4.69) is 31.9 Å². The average molecular weight is 351 g/mol. The summed E-state index contributed by atoms with van der Waals surface area (Å²) in [4.78, 5) is 20.6. The number of benzene rings is 1. The predicted molar refractivity (Wildman–Crippen MR) is 63.1 cm³/mol. The summed E-state index contributed by atoms with van der Waals surface area (Å²) in [5.41, 5.74) is 0.566. The zero-order valence-corrected chi connectivity index (χ0v) is 10.9. The summed E-state index contributed by atoms with van der Waals surface area (Å²) in [6, 6.07) is 4.13. The molecule has 1 heterocycles. The minimum atomic E-state index is -0.540. The van der Waals surface area contributed by atoms with E-state index in [0.717, 1.165) is 0 Å². The van der Waals surface area contributed by atoms with Crippen LogP contribution in [0.2, 0.25) is 0 Å². The molecule has 7 heteroatoms. The number of carbonyl (C=O) groups is 1. The lowest BCUT2D eigenvalue weighted by atomic mass is 10.1. The number of carbonyl (C=O) groups excluding carboxylic acids is 1. The van der Waals surface area contributed by atoms with Crippen molar-refractivity contribution in [2.24, 2.45) is 0 Å². The minimum Gasteiger partial charge on any atom is -0.425 e. The van der Waals surface area contributed by atoms with Crippen molar-refractivity contribution in [1.29, 1.82) is 0 Å². The van der Waals surface area contributed by atoms with Gasteiger partial charge in [0, 0.05) is 17.7 Å². The number of non-ortho nitro benzene ring substituents is 1. The summed E-state index contributed by atoms with van der Waals surface area (Å²) >= 11 is 6.46. The first-order chi connectivity index (χ1) is 7.50. The summed E-state index contributed by atoms with van der Waals surface area (Å²) in [6.45, 7) is 0. The lowest BCUT2D eigenvalue weighted by Crippen LogP contribution is -2.29. The molecule has 1 aromatic rings. The lowest BCUT2D eigenvalue weighted by molar-refractivity contribution is -0.384. The molecule has 0 amide bonds. The summed E-state index contributed by atoms with van der Waals surface area (Å²) in [5, 5.41) is 10.6. The molecule has 0 aromatic heterocycles. The van der Waals surface area contributed by atoms with E-state index in [1.54, 1.807) is 0 Å². The molecule has 1 aromatic carbocycles. The number of hydrogen-bond acceptors (Lipinski definition) is 4. The Morgan fingerprint density at radius 3 is 2.62 bits per heavy atom. The molecule has 2 atom stereocenters. The number of alkyl halides is 2. The minimum absolute atomic E-state index is 0.0270. The number of nitrogens with zero attached hydrogens (tertiary/aromatic N) is 1. The van der Waals surface area contributed by atoms with Crippen molar-refractivity contribution in [3.63, 3.8) is 0 Å². The summed E-state index contributed by atoms with van der Waals surface area (Å²) in [6.07, 6.45) is 0. The number of nitro benzene ring substituents is 1. The number of rotatable bonds is 1. The summed E-state index contributed by atoms with van der Waals surface area (Å²) in [5.74, 6) is -0.0589. The van der Waals surface area contributed by atoms with Crippen molar-refractivity contribution in [1.82, 2.24) is 0 Å². The van der Waals surface area contributed by atoms with Gasteiger partial charge in [0.25, 0.3) is 5.69 Å². The molecule has 5 nitrogen and oxygen atoms in total. The lowest BCUT2D eigenvalue weighted by Gasteiger charge is -2.24. The van der Waals surface area contributed by atoms with Crippen LogP contribution in [0.3, 0.4) is 0 Å². The number of fused-ring (bicyclic) bond motifs is 1. The first-order valence-electron chi connectivity index (χ1n) is 4.29. The van der Waals surface area contributed by atoms with Gasteiger partial charge in [-0.2, -0.15) is 0 Å². The number of esters is 1. The van der Waals surface area contributed by atoms with Gasteiger partial charge < -0.3 is 4.74 Å². The molecule has 0 N–H and O–H groups in total. The second kappa shape index (κ2) is 4.14. The van der Waals surface area contributed by atoms with Crippen LogP contribution in [-0.4, -0.2) is 15.7 Å². The number of nitro groups is 1. The Balaban J connectivity index is 2.50. The van der Waals surface area contributed by atoms with Crippen molar-refractivity contribution < 1.29 is 14.5 Å². The van der Waals surface area contributed by atoms with Crippen LogP contribution in [0.5, 0.6) is 5.75 Å². The maximum atomic E-state index is 11.4. The van der Waals surface area contributed by atoms with Crippen LogP contribution < -0.4 is 4.74 Å². The zero-order valence-electron chi connectivity index (χ0n) is 7.72. The van der Waals surface area contributed by atoms with E-state index in [4.69, 9.17) is 4.74 Å². The Morgan fingerprint density at radius 2 is 2.00 bits per heavy atom. The molecule has 0 spiro atoms. The van der Waals surface area contributed by atoms with Crippen molar-refractivity contribution in [2.75, 3.05) is 0 Å². The van der Waals surface area contributed by atoms with Crippen LogP contribution in [0.15, 0.2) is 18.2 Å². The third kappa shape index (κ3) is 1.84. The van der Waals surface area contributed by atoms with Crippen molar-refractivity contribution in [3.05, 3.63) is 33.9 Å². The van der Waals surface area contributed by atoms with Crippen LogP contribution in [0.25, 0.3) is 0 Å². The van der Waals surface area contributed by atoms with Crippen LogP contribution in [0.4, 0.5) is 5.69 Å². The van der Waals surface area contributed by atoms with E-state index in [-0.39, 0.29) is 10.5 Å². The molecule has 0 aliphatic carbocycles. The van der Waals surface area contributed by atoms with E-state index in [1.807, 2.05) is 0 Å². The van der Waals surface area contributed by atoms with Crippen LogP contribution >= 0.6 is 31.9 Å². The standard InChI is InChI=1S/C9H5Br2NO4/c10-7-5-3-4(12(14)15)1-2-6(5)16-9(13)8(7)11/h1-3,7-8H. The fraction of sp³-hybridized carbons (Fsp3) is 0.222. The van der Waals surface area contributed by atoms with Gasteiger partial charge >= 0.3 is 5.97 Å². The summed E-state index contributed by atoms with van der Waals surface area (Å²) in [7, 11) is 0. The van der Waals surface area contributed by atoms with Crippen LogP contribution in [-0.2, 0) is 4.79 Å². The summed E-state index contributed by atoms with van der Waals surface area (Å²) < 4.78 is 5.01. The largest absolute Gasteiger partial charge is 0.425 e. The van der Waals surface area contributed by atoms with Crippen LogP contribution in [0, 0.1) is 10.1 Å². The smallest absolute Gasteiger partial charge is 0.326 e. The molecular formula is C9H5Br2NO4. The molecule has 0 radical (unpaired) electrons. The molecule has 2 rings (SSSR count). The molecule has 0 bridgehead atoms. The van der Waals surface area contributed by atoms with Gasteiger partial charge in [0.1, 0.15) is 10.6 Å². The highest BCUT2D eigenvalue weighted by Crippen LogP contribution is 2.42. The average Bonchev–Trinajstić information content (AvgIpc) is 2.25. The highest BCUT2D eigenvalue weighted by atomic mass is 79.9. The molecule has 0 saturated heterocycles. The van der Waals surface area contributed by atoms with E-state index in [9.17, 15) is 14.9 Å². The fourth-order valence-electron chi connectivity index (χ4n) is 1.40. The van der Waals surface area contributed by atoms with Gasteiger partial charge in [0.15, 0.2) is 0 Å². The van der Waals surface area contributed by atoms with Crippen LogP contribution in [0.1, 0.15) is 10.4 Å². The maximum Gasteiger partial charge on any atom is 0.326 e. The molecule has 16 heavy (non-hydrogen) atoms. The normalized spacial score (nSPS) is 23.5. The Hall–Kier alpha value is -0.950. The van der Waals surface area contributed by atoms with Gasteiger partial charge in [0.2, 0.25) is 0 Å². The molecular weight excluding hydrogens is 346 g/mol. The van der Waals surface area contributed by atoms with Gasteiger partial charge in [-0.05, 0) is 6.07 Å².